The molecule has 0 aliphatic heterocycles. The molecule has 0 N–H and O–H groups in total. The molecule has 6 rings (SSSR count). The van der Waals surface area contributed by atoms with Gasteiger partial charge in [0.1, 0.15) is 7.05 Å². The fourth-order valence-electron chi connectivity index (χ4n) is 5.04. The van der Waals surface area contributed by atoms with Gasteiger partial charge in [0.2, 0.25) is 11.4 Å². The molecule has 170 valence electrons. The van der Waals surface area contributed by atoms with Gasteiger partial charge in [-0.1, -0.05) is 63.9 Å². The Kier molecular flexibility index (Phi) is 2.34. The van der Waals surface area contributed by atoms with E-state index in [4.69, 9.17) is 22.2 Å². The number of hydrogen-bond acceptors (Lipinski definition) is 2. The lowest BCUT2D eigenvalue weighted by atomic mass is 9.85. The molecule has 3 nitrogen and oxygen atoms in total. The number of hydrogen-bond donors (Lipinski definition) is 0. The zero-order chi connectivity index (χ0) is 34.9. The van der Waals surface area contributed by atoms with Crippen LogP contribution in [0.1, 0.15) is 79.1 Å². The number of benzene rings is 2. The summed E-state index contributed by atoms with van der Waals surface area (Å²) in [6.45, 7) is -8.63. The average molecular weight is 461 g/mol. The quantitative estimate of drug-likeness (QED) is 0.255. The third-order valence-electron chi connectivity index (χ3n) is 6.75. The molecule has 0 saturated carbocycles. The molecule has 1 atom stereocenters. The van der Waals surface area contributed by atoms with E-state index in [1.165, 1.54) is 18.3 Å². The van der Waals surface area contributed by atoms with Crippen LogP contribution in [0.5, 0.6) is 0 Å². The van der Waals surface area contributed by atoms with Crippen molar-refractivity contribution in [3.8, 4) is 22.4 Å². The molecule has 3 heteroatoms. The van der Waals surface area contributed by atoms with Crippen molar-refractivity contribution >= 4 is 22.1 Å². The van der Waals surface area contributed by atoms with Gasteiger partial charge in [0.25, 0.3) is 0 Å². The van der Waals surface area contributed by atoms with Gasteiger partial charge in [0.15, 0.2) is 11.8 Å². The molecule has 1 unspecified atom stereocenters. The van der Waals surface area contributed by atoms with Crippen molar-refractivity contribution in [2.75, 3.05) is 0 Å². The van der Waals surface area contributed by atoms with E-state index in [2.05, 4.69) is 4.98 Å². The van der Waals surface area contributed by atoms with Crippen molar-refractivity contribution in [3.63, 3.8) is 0 Å². The van der Waals surface area contributed by atoms with E-state index in [1.807, 2.05) is 6.07 Å². The van der Waals surface area contributed by atoms with Gasteiger partial charge in [-0.3, -0.25) is 0 Å². The van der Waals surface area contributed by atoms with E-state index in [-0.39, 0.29) is 28.1 Å². The van der Waals surface area contributed by atoms with E-state index >= 15 is 0 Å². The maximum absolute atomic E-state index is 8.66. The van der Waals surface area contributed by atoms with E-state index in [0.717, 1.165) is 6.92 Å². The molecule has 2 aromatic carbocycles. The Morgan fingerprint density at radius 3 is 2.71 bits per heavy atom. The van der Waals surface area contributed by atoms with Gasteiger partial charge in [0.05, 0.1) is 11.3 Å². The Balaban J connectivity index is 1.69. The number of pyridine rings is 2. The highest BCUT2D eigenvalue weighted by Gasteiger charge is 2.37. The minimum Gasteiger partial charge on any atom is -0.437 e. The summed E-state index contributed by atoms with van der Waals surface area (Å²) >= 11 is 0. The molecule has 0 amide bonds. The van der Waals surface area contributed by atoms with Crippen LogP contribution in [0.3, 0.4) is 0 Å². The summed E-state index contributed by atoms with van der Waals surface area (Å²) in [7, 11) is 1.61. The second-order valence-corrected chi connectivity index (χ2v) is 8.99. The van der Waals surface area contributed by atoms with Gasteiger partial charge in [-0.2, -0.15) is 0 Å². The Morgan fingerprint density at radius 1 is 1.06 bits per heavy atom. The fourth-order valence-corrected chi connectivity index (χ4v) is 5.04. The summed E-state index contributed by atoms with van der Waals surface area (Å²) in [5.41, 5.74) is -0.248. The molecule has 0 spiro atoms. The number of rotatable bonds is 2. The first-order valence-corrected chi connectivity index (χ1v) is 11.0. The summed E-state index contributed by atoms with van der Waals surface area (Å²) in [6.07, 6.45) is 1.35. The van der Waals surface area contributed by atoms with E-state index in [1.54, 1.807) is 48.9 Å². The van der Waals surface area contributed by atoms with Crippen LogP contribution in [0, 0.1) is 13.8 Å². The molecule has 0 radical (unpaired) electrons. The first kappa shape index (κ1) is 11.3. The summed E-state index contributed by atoms with van der Waals surface area (Å²) in [6, 6.07) is 13.1. The van der Waals surface area contributed by atoms with Crippen LogP contribution in [-0.4, -0.2) is 4.98 Å². The van der Waals surface area contributed by atoms with Crippen LogP contribution in [-0.2, 0) is 12.5 Å². The lowest BCUT2D eigenvalue weighted by molar-refractivity contribution is -0.660. The molecule has 3 aromatic heterocycles. The second-order valence-electron chi connectivity index (χ2n) is 8.99. The topological polar surface area (TPSA) is 29.9 Å². The van der Waals surface area contributed by atoms with E-state index < -0.39 is 38.7 Å². The van der Waals surface area contributed by atoms with Crippen LogP contribution >= 0.6 is 0 Å². The van der Waals surface area contributed by atoms with E-state index in [9.17, 15) is 0 Å². The SMILES string of the molecule is [2H]C([2H])([2H])c1cc(-c2c(C)ccc3c2oc2nc4c(cc23)-c2ccccc2C4(C([2H])([2H])[2H])C([2H])([2H])[2H])[n+](C)cc1C([2H])(C)C([2H])([2H])[2H]. The molecule has 1 aliphatic carbocycles. The van der Waals surface area contributed by atoms with Crippen LogP contribution in [0.2, 0.25) is 0 Å². The average Bonchev–Trinajstić information content (AvgIpc) is 3.43. The van der Waals surface area contributed by atoms with Gasteiger partial charge >= 0.3 is 0 Å². The van der Waals surface area contributed by atoms with Crippen LogP contribution in [0.25, 0.3) is 44.5 Å². The minimum atomic E-state index is -3.00. The largest absolute Gasteiger partial charge is 0.437 e. The van der Waals surface area contributed by atoms with Crippen molar-refractivity contribution < 1.29 is 26.8 Å². The Bertz CT molecular complexity index is 2080. The highest BCUT2D eigenvalue weighted by molar-refractivity contribution is 6.10. The summed E-state index contributed by atoms with van der Waals surface area (Å²) in [4.78, 5) is 4.64. The molecule has 34 heavy (non-hydrogen) atoms. The zero-order valence-corrected chi connectivity index (χ0v) is 19.0. The Morgan fingerprint density at radius 2 is 1.91 bits per heavy atom. The van der Waals surface area contributed by atoms with Crippen molar-refractivity contribution in [1.82, 2.24) is 4.98 Å². The maximum Gasteiger partial charge on any atom is 0.227 e. The zero-order valence-electron chi connectivity index (χ0n) is 32.0. The van der Waals surface area contributed by atoms with Gasteiger partial charge < -0.3 is 4.42 Å². The molecule has 5 aromatic rings. The van der Waals surface area contributed by atoms with Crippen molar-refractivity contribution in [1.29, 1.82) is 0 Å². The molecular formula is C31H31N2O+. The lowest BCUT2D eigenvalue weighted by Crippen LogP contribution is -2.32. The molecule has 0 saturated heterocycles. The third kappa shape index (κ3) is 2.76. The van der Waals surface area contributed by atoms with E-state index in [0.29, 0.717) is 44.3 Å². The van der Waals surface area contributed by atoms with Crippen LogP contribution in [0.4, 0.5) is 0 Å². The number of furan rings is 1. The second kappa shape index (κ2) is 7.02. The number of aryl methyl sites for hydroxylation is 3. The number of aromatic nitrogens is 2. The minimum absolute atomic E-state index is 0.00716. The van der Waals surface area contributed by atoms with Crippen molar-refractivity contribution in [2.45, 2.75) is 52.6 Å². The summed E-state index contributed by atoms with van der Waals surface area (Å²) in [5, 5.41) is 1.07. The third-order valence-corrected chi connectivity index (χ3v) is 6.75. The van der Waals surface area contributed by atoms with Crippen LogP contribution < -0.4 is 4.57 Å². The van der Waals surface area contributed by atoms with Gasteiger partial charge in [-0.25, -0.2) is 9.55 Å². The first-order chi connectivity index (χ1) is 21.4. The molecule has 0 fully saturated rings. The predicted octanol–water partition coefficient (Wildman–Crippen LogP) is 7.52. The normalized spacial score (nSPS) is 23.1. The monoisotopic (exact) mass is 460 g/mol. The van der Waals surface area contributed by atoms with Gasteiger partial charge in [-0.15, -0.1) is 0 Å². The Hall–Kier alpha value is -3.46. The molecular weight excluding hydrogens is 416 g/mol. The summed E-state index contributed by atoms with van der Waals surface area (Å²) < 4.78 is 116. The smallest absolute Gasteiger partial charge is 0.227 e. The van der Waals surface area contributed by atoms with Crippen LogP contribution in [0.15, 0.2) is 59.1 Å². The highest BCUT2D eigenvalue weighted by Crippen LogP contribution is 2.49. The summed E-state index contributed by atoms with van der Waals surface area (Å²) in [5.74, 6) is -2.23. The predicted molar refractivity (Wildman–Crippen MR) is 139 cm³/mol. The standard InChI is InChI=1S/C31H31N2O/c1-17(2)24-16-33(7)26(14-19(24)4)27-18(3)12-13-21-23-15-22-20-10-8-9-11-25(20)31(5,6)29(22)32-30(23)34-28(21)27/h8-17H,1-7H3/q+1/i1D3,4D3,5D3,6D3,17D. The molecule has 0 bridgehead atoms. The van der Waals surface area contributed by atoms with Crippen molar-refractivity contribution in [3.05, 3.63) is 82.7 Å². The maximum atomic E-state index is 8.66. The lowest BCUT2D eigenvalue weighted by Gasteiger charge is -2.19. The first-order valence-electron chi connectivity index (χ1n) is 17.5. The van der Waals surface area contributed by atoms with Crippen molar-refractivity contribution in [2.24, 2.45) is 7.05 Å². The number of fused-ring (bicyclic) bond motifs is 6. The number of nitrogens with zero attached hydrogens (tertiary/aromatic N) is 2. The molecule has 1 aliphatic rings. The fraction of sp³-hybridized carbons (Fsp3) is 0.290. The molecule has 3 heterocycles. The Labute approximate surface area is 219 Å². The highest BCUT2D eigenvalue weighted by atomic mass is 16.3. The van der Waals surface area contributed by atoms with Gasteiger partial charge in [-0.05, 0) is 48.0 Å². The van der Waals surface area contributed by atoms with Gasteiger partial charge in [0, 0.05) is 51.2 Å².